The van der Waals surface area contributed by atoms with Gasteiger partial charge in [-0.2, -0.15) is 0 Å². The second-order valence-electron chi connectivity index (χ2n) is 5.25. The van der Waals surface area contributed by atoms with Gasteiger partial charge in [-0.05, 0) is 36.4 Å². The Labute approximate surface area is 158 Å². The number of carbonyl (C=O) groups excluding carboxylic acids is 2. The molecule has 0 spiro atoms. The van der Waals surface area contributed by atoms with Crippen molar-refractivity contribution in [1.29, 1.82) is 0 Å². The zero-order chi connectivity index (χ0) is 18.4. The Morgan fingerprint density at radius 2 is 1.96 bits per heavy atom. The summed E-state index contributed by atoms with van der Waals surface area (Å²) in [5.74, 6) is -0.942. The van der Waals surface area contributed by atoms with E-state index >= 15 is 0 Å². The van der Waals surface area contributed by atoms with E-state index in [0.29, 0.717) is 16.4 Å². The Morgan fingerprint density at radius 1 is 1.15 bits per heavy atom. The van der Waals surface area contributed by atoms with E-state index in [1.54, 1.807) is 35.8 Å². The topological polar surface area (TPSA) is 81.2 Å². The van der Waals surface area contributed by atoms with Gasteiger partial charge in [0.1, 0.15) is 5.01 Å². The molecule has 0 atom stereocenters. The van der Waals surface area contributed by atoms with Gasteiger partial charge in [0.25, 0.3) is 5.91 Å². The number of ether oxygens (including phenoxy) is 1. The molecule has 1 aromatic carbocycles. The third-order valence-corrected chi connectivity index (χ3v) is 4.42. The molecule has 2 heterocycles. The molecule has 2 aromatic heterocycles. The zero-order valence-electron chi connectivity index (χ0n) is 13.5. The number of hydrogen-bond acceptors (Lipinski definition) is 6. The first kappa shape index (κ1) is 18.0. The second kappa shape index (κ2) is 8.55. The van der Waals surface area contributed by atoms with Crippen LogP contribution >= 0.6 is 22.9 Å². The lowest BCUT2D eigenvalue weighted by Gasteiger charge is -2.06. The SMILES string of the molecule is O=C(COC(=O)Cc1csc(-c2ccccn2)n1)Nc1ccc(Cl)cc1. The Kier molecular flexibility index (Phi) is 5.93. The summed E-state index contributed by atoms with van der Waals surface area (Å²) in [6.45, 7) is -0.362. The third-order valence-electron chi connectivity index (χ3n) is 3.25. The maximum atomic E-state index is 11.9. The fourth-order valence-electron chi connectivity index (χ4n) is 2.07. The molecule has 3 rings (SSSR count). The van der Waals surface area contributed by atoms with Crippen molar-refractivity contribution in [2.45, 2.75) is 6.42 Å². The molecule has 0 saturated carbocycles. The second-order valence-corrected chi connectivity index (χ2v) is 6.55. The Bertz CT molecular complexity index is 898. The van der Waals surface area contributed by atoms with E-state index in [9.17, 15) is 9.59 Å². The number of rotatable bonds is 6. The largest absolute Gasteiger partial charge is 0.455 e. The summed E-state index contributed by atoms with van der Waals surface area (Å²) in [5, 5.41) is 5.70. The van der Waals surface area contributed by atoms with Crippen molar-refractivity contribution in [1.82, 2.24) is 9.97 Å². The van der Waals surface area contributed by atoms with Gasteiger partial charge in [-0.25, -0.2) is 4.98 Å². The highest BCUT2D eigenvalue weighted by atomic mass is 35.5. The lowest BCUT2D eigenvalue weighted by molar-refractivity contribution is -0.146. The van der Waals surface area contributed by atoms with Gasteiger partial charge in [-0.15, -0.1) is 11.3 Å². The van der Waals surface area contributed by atoms with Crippen LogP contribution in [0.15, 0.2) is 54.0 Å². The van der Waals surface area contributed by atoms with Crippen molar-refractivity contribution in [3.63, 3.8) is 0 Å². The van der Waals surface area contributed by atoms with Crippen LogP contribution in [0.1, 0.15) is 5.69 Å². The first-order valence-electron chi connectivity index (χ1n) is 7.67. The van der Waals surface area contributed by atoms with Gasteiger partial charge in [0, 0.05) is 22.3 Å². The molecule has 132 valence electrons. The summed E-state index contributed by atoms with van der Waals surface area (Å²) in [5.41, 5.74) is 1.91. The molecule has 0 aliphatic rings. The van der Waals surface area contributed by atoms with Crippen molar-refractivity contribution in [3.05, 3.63) is 64.8 Å². The number of benzene rings is 1. The number of halogens is 1. The predicted octanol–water partition coefficient (Wildman–Crippen LogP) is 3.58. The molecular weight excluding hydrogens is 374 g/mol. The minimum atomic E-state index is -0.519. The number of carbonyl (C=O) groups is 2. The number of anilines is 1. The van der Waals surface area contributed by atoms with Gasteiger partial charge in [-0.3, -0.25) is 14.6 Å². The maximum Gasteiger partial charge on any atom is 0.312 e. The number of pyridine rings is 1. The van der Waals surface area contributed by atoms with Crippen molar-refractivity contribution >= 4 is 40.5 Å². The highest BCUT2D eigenvalue weighted by Gasteiger charge is 2.12. The van der Waals surface area contributed by atoms with E-state index in [4.69, 9.17) is 16.3 Å². The van der Waals surface area contributed by atoms with E-state index in [-0.39, 0.29) is 13.0 Å². The lowest BCUT2D eigenvalue weighted by Crippen LogP contribution is -2.21. The van der Waals surface area contributed by atoms with Crippen LogP contribution in [0.25, 0.3) is 10.7 Å². The molecule has 1 N–H and O–H groups in total. The summed E-state index contributed by atoms with van der Waals surface area (Å²) in [6, 6.07) is 12.2. The number of thiazole rings is 1. The lowest BCUT2D eigenvalue weighted by atomic mass is 10.3. The molecular formula is C18H14ClN3O3S. The van der Waals surface area contributed by atoms with Crippen LogP contribution in [-0.2, 0) is 20.7 Å². The molecule has 0 aliphatic heterocycles. The Morgan fingerprint density at radius 3 is 2.69 bits per heavy atom. The van der Waals surface area contributed by atoms with Gasteiger partial charge in [0.15, 0.2) is 6.61 Å². The van der Waals surface area contributed by atoms with Gasteiger partial charge < -0.3 is 10.1 Å². The van der Waals surface area contributed by atoms with Gasteiger partial charge in [-0.1, -0.05) is 17.7 Å². The monoisotopic (exact) mass is 387 g/mol. The molecule has 8 heteroatoms. The molecule has 0 unspecified atom stereocenters. The number of amides is 1. The number of nitrogens with zero attached hydrogens (tertiary/aromatic N) is 2. The van der Waals surface area contributed by atoms with Crippen LogP contribution in [0.5, 0.6) is 0 Å². The highest BCUT2D eigenvalue weighted by molar-refractivity contribution is 7.13. The zero-order valence-corrected chi connectivity index (χ0v) is 15.1. The average Bonchev–Trinajstić information content (AvgIpc) is 3.11. The molecule has 3 aromatic rings. The fourth-order valence-corrected chi connectivity index (χ4v) is 2.99. The van der Waals surface area contributed by atoms with E-state index in [1.165, 1.54) is 11.3 Å². The van der Waals surface area contributed by atoms with Crippen molar-refractivity contribution in [2.75, 3.05) is 11.9 Å². The van der Waals surface area contributed by atoms with Crippen molar-refractivity contribution < 1.29 is 14.3 Å². The van der Waals surface area contributed by atoms with E-state index < -0.39 is 11.9 Å². The van der Waals surface area contributed by atoms with Crippen molar-refractivity contribution in [2.24, 2.45) is 0 Å². The van der Waals surface area contributed by atoms with Gasteiger partial charge in [0.05, 0.1) is 17.8 Å². The first-order valence-corrected chi connectivity index (χ1v) is 8.93. The molecule has 1 amide bonds. The molecule has 26 heavy (non-hydrogen) atoms. The predicted molar refractivity (Wildman–Crippen MR) is 100 cm³/mol. The van der Waals surface area contributed by atoms with Gasteiger partial charge in [0.2, 0.25) is 0 Å². The van der Waals surface area contributed by atoms with E-state index in [1.807, 2.05) is 18.2 Å². The molecule has 0 radical (unpaired) electrons. The fraction of sp³-hybridized carbons (Fsp3) is 0.111. The van der Waals surface area contributed by atoms with E-state index in [0.717, 1.165) is 10.7 Å². The number of aromatic nitrogens is 2. The van der Waals surface area contributed by atoms with Crippen LogP contribution in [0, 0.1) is 0 Å². The first-order chi connectivity index (χ1) is 12.6. The van der Waals surface area contributed by atoms with Crippen LogP contribution in [-0.4, -0.2) is 28.5 Å². The molecule has 0 fully saturated rings. The van der Waals surface area contributed by atoms with Gasteiger partial charge >= 0.3 is 5.97 Å². The Balaban J connectivity index is 1.47. The molecule has 6 nitrogen and oxygen atoms in total. The smallest absolute Gasteiger partial charge is 0.312 e. The quantitative estimate of drug-likeness (QED) is 0.654. The number of hydrogen-bond donors (Lipinski definition) is 1. The average molecular weight is 388 g/mol. The standard InChI is InChI=1S/C18H14ClN3O3S/c19-12-4-6-13(7-5-12)21-16(23)10-25-17(24)9-14-11-26-18(22-14)15-3-1-2-8-20-15/h1-8,11H,9-10H2,(H,21,23). The molecule has 0 saturated heterocycles. The maximum absolute atomic E-state index is 11.9. The summed E-state index contributed by atoms with van der Waals surface area (Å²) in [7, 11) is 0. The molecule has 0 bridgehead atoms. The third kappa shape index (κ3) is 5.11. The summed E-state index contributed by atoms with van der Waals surface area (Å²) >= 11 is 7.18. The summed E-state index contributed by atoms with van der Waals surface area (Å²) in [4.78, 5) is 32.3. The van der Waals surface area contributed by atoms with Crippen LogP contribution in [0.2, 0.25) is 5.02 Å². The normalized spacial score (nSPS) is 10.3. The minimum absolute atomic E-state index is 0.00242. The van der Waals surface area contributed by atoms with Crippen molar-refractivity contribution in [3.8, 4) is 10.7 Å². The van der Waals surface area contributed by atoms with E-state index in [2.05, 4.69) is 15.3 Å². The highest BCUT2D eigenvalue weighted by Crippen LogP contribution is 2.21. The van der Waals surface area contributed by atoms with Crippen LogP contribution in [0.4, 0.5) is 5.69 Å². The summed E-state index contributed by atoms with van der Waals surface area (Å²) in [6.07, 6.45) is 1.68. The van der Waals surface area contributed by atoms with Crippen LogP contribution < -0.4 is 5.32 Å². The van der Waals surface area contributed by atoms with Crippen LogP contribution in [0.3, 0.4) is 0 Å². The minimum Gasteiger partial charge on any atom is -0.455 e. The Hall–Kier alpha value is -2.77. The summed E-state index contributed by atoms with van der Waals surface area (Å²) < 4.78 is 4.99. The number of nitrogens with one attached hydrogen (secondary N) is 1. The molecule has 0 aliphatic carbocycles. The number of esters is 1.